The average Bonchev–Trinajstić information content (AvgIpc) is 2.91. The van der Waals surface area contributed by atoms with Crippen LogP contribution >= 0.6 is 0 Å². The number of benzene rings is 1. The molecule has 2 atom stereocenters. The molecule has 22 heavy (non-hydrogen) atoms. The lowest BCUT2D eigenvalue weighted by molar-refractivity contribution is 0.101. The number of nitrogens with one attached hydrogen (secondary N) is 1. The van der Waals surface area contributed by atoms with Crippen LogP contribution in [0.1, 0.15) is 67.4 Å². The second-order valence-electron chi connectivity index (χ2n) is 6.82. The topological polar surface area (TPSA) is 32.3 Å². The number of ketones is 1. The number of hydrogen-bond donors (Lipinski definition) is 1. The summed E-state index contributed by atoms with van der Waals surface area (Å²) in [6.07, 6.45) is 4.67. The summed E-state index contributed by atoms with van der Waals surface area (Å²) >= 11 is 0. The molecule has 0 saturated carbocycles. The van der Waals surface area contributed by atoms with E-state index in [1.54, 1.807) is 6.92 Å². The Balaban J connectivity index is 1.95. The molecule has 0 bridgehead atoms. The smallest absolute Gasteiger partial charge is 0.160 e. The zero-order valence-corrected chi connectivity index (χ0v) is 14.1. The van der Waals surface area contributed by atoms with Crippen LogP contribution in [0.25, 0.3) is 0 Å². The Kier molecular flexibility index (Phi) is 4.53. The molecule has 0 fully saturated rings. The first-order valence-corrected chi connectivity index (χ1v) is 8.80. The van der Waals surface area contributed by atoms with Gasteiger partial charge < -0.3 is 10.2 Å². The summed E-state index contributed by atoms with van der Waals surface area (Å²) in [5.41, 5.74) is 4.98. The van der Waals surface area contributed by atoms with Crippen molar-refractivity contribution >= 4 is 11.5 Å². The molecule has 1 aliphatic carbocycles. The summed E-state index contributed by atoms with van der Waals surface area (Å²) in [6.45, 7) is 9.60. The Morgan fingerprint density at radius 3 is 2.64 bits per heavy atom. The van der Waals surface area contributed by atoms with Crippen molar-refractivity contribution in [3.05, 3.63) is 28.8 Å². The minimum absolute atomic E-state index is 0.210. The van der Waals surface area contributed by atoms with Crippen molar-refractivity contribution in [1.82, 2.24) is 4.90 Å². The quantitative estimate of drug-likeness (QED) is 0.810. The average molecular weight is 300 g/mol. The van der Waals surface area contributed by atoms with Crippen molar-refractivity contribution in [3.8, 4) is 0 Å². The Morgan fingerprint density at radius 2 is 2.00 bits per heavy atom. The highest BCUT2D eigenvalue weighted by Gasteiger charge is 2.36. The van der Waals surface area contributed by atoms with Crippen molar-refractivity contribution in [2.24, 2.45) is 0 Å². The number of carbonyl (C=O) groups is 1. The maximum atomic E-state index is 12.0. The van der Waals surface area contributed by atoms with Crippen LogP contribution in [-0.4, -0.2) is 36.4 Å². The molecule has 120 valence electrons. The lowest BCUT2D eigenvalue weighted by Crippen LogP contribution is -2.41. The van der Waals surface area contributed by atoms with E-state index in [4.69, 9.17) is 0 Å². The van der Waals surface area contributed by atoms with E-state index in [-0.39, 0.29) is 5.78 Å². The molecule has 0 spiro atoms. The minimum atomic E-state index is 0.210. The minimum Gasteiger partial charge on any atom is -0.384 e. The first-order chi connectivity index (χ1) is 10.7. The van der Waals surface area contributed by atoms with E-state index in [1.165, 1.54) is 49.2 Å². The van der Waals surface area contributed by atoms with Crippen molar-refractivity contribution in [1.29, 1.82) is 0 Å². The van der Waals surface area contributed by atoms with Crippen molar-refractivity contribution < 1.29 is 4.79 Å². The summed E-state index contributed by atoms with van der Waals surface area (Å²) in [4.78, 5) is 14.7. The van der Waals surface area contributed by atoms with Crippen molar-refractivity contribution in [2.75, 3.05) is 25.0 Å². The van der Waals surface area contributed by atoms with Crippen LogP contribution in [0.5, 0.6) is 0 Å². The lowest BCUT2D eigenvalue weighted by Gasteiger charge is -2.37. The molecule has 3 nitrogen and oxygen atoms in total. The Morgan fingerprint density at radius 1 is 1.27 bits per heavy atom. The molecular weight excluding hydrogens is 272 g/mol. The first-order valence-electron chi connectivity index (χ1n) is 8.80. The maximum Gasteiger partial charge on any atom is 0.160 e. The van der Waals surface area contributed by atoms with Gasteiger partial charge in [-0.2, -0.15) is 0 Å². The molecule has 0 unspecified atom stereocenters. The van der Waals surface area contributed by atoms with Crippen molar-refractivity contribution in [3.63, 3.8) is 0 Å². The summed E-state index contributed by atoms with van der Waals surface area (Å²) in [6, 6.07) is 4.72. The van der Waals surface area contributed by atoms with Gasteiger partial charge in [0.25, 0.3) is 0 Å². The highest BCUT2D eigenvalue weighted by atomic mass is 16.1. The van der Waals surface area contributed by atoms with Gasteiger partial charge in [-0.15, -0.1) is 0 Å². The van der Waals surface area contributed by atoms with Crippen LogP contribution in [0.4, 0.5) is 5.69 Å². The van der Waals surface area contributed by atoms with Gasteiger partial charge in [-0.3, -0.25) is 4.79 Å². The number of nitrogens with zero attached hydrogens (tertiary/aromatic N) is 1. The third-order valence-electron chi connectivity index (χ3n) is 5.22. The standard InChI is InChI=1S/C19H28N2O/c1-4-8-21(9-5-2)15-10-14-12-20-18-7-6-16(13(3)22)17(11-15)19(14)18/h6-7,14-15,20H,4-5,8-12H2,1-3H3/t14-,15+/m1/s1. The second-order valence-corrected chi connectivity index (χ2v) is 6.82. The molecule has 0 saturated heterocycles. The van der Waals surface area contributed by atoms with Gasteiger partial charge in [-0.25, -0.2) is 0 Å². The van der Waals surface area contributed by atoms with Crippen molar-refractivity contribution in [2.45, 2.75) is 58.4 Å². The fraction of sp³-hybridized carbons (Fsp3) is 0.632. The number of Topliss-reactive ketones (excluding diaryl/α,β-unsaturated/α-hetero) is 1. The third kappa shape index (κ3) is 2.67. The van der Waals surface area contributed by atoms with Crippen LogP contribution in [-0.2, 0) is 6.42 Å². The van der Waals surface area contributed by atoms with E-state index in [0.717, 1.165) is 18.5 Å². The number of carbonyl (C=O) groups excluding carboxylic acids is 1. The van der Waals surface area contributed by atoms with E-state index < -0.39 is 0 Å². The first kappa shape index (κ1) is 15.5. The largest absolute Gasteiger partial charge is 0.384 e. The van der Waals surface area contributed by atoms with Crippen LogP contribution in [0.3, 0.4) is 0 Å². The van der Waals surface area contributed by atoms with Crippen LogP contribution in [0, 0.1) is 0 Å². The molecule has 2 aliphatic rings. The van der Waals surface area contributed by atoms with E-state index in [2.05, 4.69) is 30.1 Å². The van der Waals surface area contributed by atoms with Gasteiger partial charge in [0, 0.05) is 29.8 Å². The van der Waals surface area contributed by atoms with Gasteiger partial charge in [-0.05, 0) is 69.0 Å². The summed E-state index contributed by atoms with van der Waals surface area (Å²) in [7, 11) is 0. The number of rotatable bonds is 6. The molecule has 0 radical (unpaired) electrons. The molecule has 1 heterocycles. The highest BCUT2D eigenvalue weighted by Crippen LogP contribution is 2.43. The lowest BCUT2D eigenvalue weighted by atomic mass is 9.78. The molecule has 0 amide bonds. The fourth-order valence-corrected chi connectivity index (χ4v) is 4.35. The molecule has 1 aromatic rings. The zero-order valence-electron chi connectivity index (χ0n) is 14.1. The van der Waals surface area contributed by atoms with Crippen LogP contribution in [0.2, 0.25) is 0 Å². The summed E-state index contributed by atoms with van der Waals surface area (Å²) in [5, 5.41) is 3.54. The van der Waals surface area contributed by atoms with E-state index in [9.17, 15) is 4.79 Å². The van der Waals surface area contributed by atoms with Gasteiger partial charge in [0.1, 0.15) is 0 Å². The molecule has 1 aliphatic heterocycles. The Bertz CT molecular complexity index is 561. The predicted molar refractivity (Wildman–Crippen MR) is 91.9 cm³/mol. The normalized spacial score (nSPS) is 22.5. The van der Waals surface area contributed by atoms with Gasteiger partial charge in [0.15, 0.2) is 5.78 Å². The monoisotopic (exact) mass is 300 g/mol. The molecule has 1 aromatic carbocycles. The van der Waals surface area contributed by atoms with Gasteiger partial charge >= 0.3 is 0 Å². The summed E-state index contributed by atoms with van der Waals surface area (Å²) in [5.74, 6) is 0.792. The van der Waals surface area contributed by atoms with Gasteiger partial charge in [0.2, 0.25) is 0 Å². The SMILES string of the molecule is CCCN(CCC)[C@@H]1Cc2c(C(C)=O)ccc3c2[C@@H](CN3)C1. The Hall–Kier alpha value is -1.35. The zero-order chi connectivity index (χ0) is 15.7. The van der Waals surface area contributed by atoms with E-state index in [0.29, 0.717) is 12.0 Å². The van der Waals surface area contributed by atoms with Crippen LogP contribution < -0.4 is 5.32 Å². The predicted octanol–water partition coefficient (Wildman–Crippen LogP) is 3.84. The molecular formula is C19H28N2O. The molecule has 3 rings (SSSR count). The third-order valence-corrected chi connectivity index (χ3v) is 5.22. The number of anilines is 1. The fourth-order valence-electron chi connectivity index (χ4n) is 4.35. The maximum absolute atomic E-state index is 12.0. The second kappa shape index (κ2) is 6.41. The highest BCUT2D eigenvalue weighted by molar-refractivity contribution is 5.97. The molecule has 3 heteroatoms. The summed E-state index contributed by atoms with van der Waals surface area (Å²) < 4.78 is 0. The van der Waals surface area contributed by atoms with Crippen LogP contribution in [0.15, 0.2) is 12.1 Å². The number of hydrogen-bond acceptors (Lipinski definition) is 3. The van der Waals surface area contributed by atoms with Gasteiger partial charge in [0.05, 0.1) is 0 Å². The van der Waals surface area contributed by atoms with Gasteiger partial charge in [-0.1, -0.05) is 13.8 Å². The van der Waals surface area contributed by atoms with E-state index in [1.807, 2.05) is 6.07 Å². The molecule has 0 aromatic heterocycles. The Labute approximate surface area is 134 Å². The molecule has 1 N–H and O–H groups in total. The van der Waals surface area contributed by atoms with E-state index >= 15 is 0 Å².